The topological polar surface area (TPSA) is 119 Å². The molecule has 0 saturated carbocycles. The van der Waals surface area contributed by atoms with E-state index in [-0.39, 0.29) is 18.2 Å². The van der Waals surface area contributed by atoms with Crippen molar-refractivity contribution in [2.45, 2.75) is 31.9 Å². The van der Waals surface area contributed by atoms with Gasteiger partial charge in [-0.1, -0.05) is 36.4 Å². The first-order chi connectivity index (χ1) is 18.9. The molecule has 206 valence electrons. The number of carbonyl (C=O) groups excluding carboxylic acids is 1. The van der Waals surface area contributed by atoms with Gasteiger partial charge < -0.3 is 34.4 Å². The van der Waals surface area contributed by atoms with Gasteiger partial charge in [0, 0.05) is 43.0 Å². The monoisotopic (exact) mass is 534 g/mol. The van der Waals surface area contributed by atoms with E-state index in [1.165, 1.54) is 7.11 Å². The highest BCUT2D eigenvalue weighted by Crippen LogP contribution is 2.34. The third kappa shape index (κ3) is 6.16. The van der Waals surface area contributed by atoms with Crippen molar-refractivity contribution < 1.29 is 33.6 Å². The lowest BCUT2D eigenvalue weighted by atomic mass is 9.88. The summed E-state index contributed by atoms with van der Waals surface area (Å²) in [4.78, 5) is 28.2. The first kappa shape index (κ1) is 27.9. The molecule has 0 aliphatic heterocycles. The number of para-hydroxylation sites is 1. The van der Waals surface area contributed by atoms with Gasteiger partial charge in [-0.05, 0) is 41.8 Å². The largest absolute Gasteiger partial charge is 0.496 e. The van der Waals surface area contributed by atoms with Gasteiger partial charge in [-0.15, -0.1) is 0 Å². The highest BCUT2D eigenvalue weighted by atomic mass is 16.5. The number of hydrogen-bond donors (Lipinski definition) is 3. The molecular weight excluding hydrogens is 500 g/mol. The van der Waals surface area contributed by atoms with Gasteiger partial charge in [0.05, 0.1) is 26.9 Å². The first-order valence-corrected chi connectivity index (χ1v) is 12.8. The second-order valence-corrected chi connectivity index (χ2v) is 9.19. The minimum atomic E-state index is -1.14. The van der Waals surface area contributed by atoms with Crippen molar-refractivity contribution in [1.82, 2.24) is 10.3 Å². The number of fused-ring (bicyclic) bond motifs is 1. The molecule has 0 spiro atoms. The molecule has 1 aliphatic rings. The van der Waals surface area contributed by atoms with Gasteiger partial charge >= 0.3 is 5.97 Å². The molecule has 4 rings (SSSR count). The number of H-pyrrole nitrogens is 1. The number of carboxylic acids is 1. The number of aliphatic carboxylic acids is 1. The van der Waals surface area contributed by atoms with E-state index in [2.05, 4.69) is 10.3 Å². The fraction of sp³-hybridized carbons (Fsp3) is 0.333. The van der Waals surface area contributed by atoms with Crippen LogP contribution < -0.4 is 10.1 Å². The SMILES string of the molecule is CCOCC1=CC(OC)=C(c2ccc(CC(NC(=O)c3[nH]c4ccccc4c3OC)C(=O)O)cc2)C(OC)C1. The van der Waals surface area contributed by atoms with Crippen molar-refractivity contribution in [2.75, 3.05) is 34.5 Å². The van der Waals surface area contributed by atoms with Crippen LogP contribution in [-0.4, -0.2) is 68.7 Å². The zero-order chi connectivity index (χ0) is 27.9. The zero-order valence-corrected chi connectivity index (χ0v) is 22.6. The lowest BCUT2D eigenvalue weighted by Gasteiger charge is -2.27. The number of aromatic nitrogens is 1. The highest BCUT2D eigenvalue weighted by molar-refractivity contribution is 6.04. The number of methoxy groups -OCH3 is 3. The second-order valence-electron chi connectivity index (χ2n) is 9.19. The number of nitrogens with one attached hydrogen (secondary N) is 2. The summed E-state index contributed by atoms with van der Waals surface area (Å²) >= 11 is 0. The molecule has 2 atom stereocenters. The Kier molecular flexibility index (Phi) is 9.06. The molecule has 39 heavy (non-hydrogen) atoms. The van der Waals surface area contributed by atoms with E-state index in [0.29, 0.717) is 31.1 Å². The summed E-state index contributed by atoms with van der Waals surface area (Å²) in [6.45, 7) is 3.10. The Morgan fingerprint density at radius 1 is 1.08 bits per heavy atom. The molecule has 3 N–H and O–H groups in total. The lowest BCUT2D eigenvalue weighted by Crippen LogP contribution is -2.42. The number of rotatable bonds is 12. The van der Waals surface area contributed by atoms with Crippen molar-refractivity contribution in [1.29, 1.82) is 0 Å². The molecule has 0 saturated heterocycles. The Labute approximate surface area is 227 Å². The van der Waals surface area contributed by atoms with Crippen molar-refractivity contribution in [3.05, 3.63) is 82.8 Å². The van der Waals surface area contributed by atoms with E-state index < -0.39 is 17.9 Å². The molecule has 0 radical (unpaired) electrons. The smallest absolute Gasteiger partial charge is 0.326 e. The zero-order valence-electron chi connectivity index (χ0n) is 22.6. The number of ether oxygens (including phenoxy) is 4. The minimum Gasteiger partial charge on any atom is -0.496 e. The van der Waals surface area contributed by atoms with E-state index in [1.54, 1.807) is 14.2 Å². The van der Waals surface area contributed by atoms with Gasteiger partial charge in [0.1, 0.15) is 17.5 Å². The van der Waals surface area contributed by atoms with Gasteiger partial charge in [-0.25, -0.2) is 4.79 Å². The number of carbonyl (C=O) groups is 2. The highest BCUT2D eigenvalue weighted by Gasteiger charge is 2.28. The summed E-state index contributed by atoms with van der Waals surface area (Å²) in [5.41, 5.74) is 4.58. The Bertz CT molecular complexity index is 1390. The van der Waals surface area contributed by atoms with E-state index in [1.807, 2.05) is 61.5 Å². The average molecular weight is 535 g/mol. The Hall–Kier alpha value is -4.08. The molecule has 1 aliphatic carbocycles. The van der Waals surface area contributed by atoms with Gasteiger partial charge in [-0.2, -0.15) is 0 Å². The third-order valence-electron chi connectivity index (χ3n) is 6.76. The van der Waals surface area contributed by atoms with E-state index in [9.17, 15) is 14.7 Å². The maximum Gasteiger partial charge on any atom is 0.326 e. The van der Waals surface area contributed by atoms with Crippen molar-refractivity contribution in [3.63, 3.8) is 0 Å². The van der Waals surface area contributed by atoms with Crippen LogP contribution in [0.1, 0.15) is 35.0 Å². The number of hydrogen-bond acceptors (Lipinski definition) is 6. The molecule has 2 unspecified atom stereocenters. The van der Waals surface area contributed by atoms with Crippen molar-refractivity contribution >= 4 is 28.4 Å². The lowest BCUT2D eigenvalue weighted by molar-refractivity contribution is -0.139. The maximum atomic E-state index is 13.1. The number of carboxylic acid groups (broad SMARTS) is 1. The summed E-state index contributed by atoms with van der Waals surface area (Å²) in [6.07, 6.45) is 2.57. The van der Waals surface area contributed by atoms with Crippen LogP contribution in [0.4, 0.5) is 0 Å². The van der Waals surface area contributed by atoms with Crippen LogP contribution >= 0.6 is 0 Å². The second kappa shape index (κ2) is 12.6. The molecule has 1 heterocycles. The Morgan fingerprint density at radius 2 is 1.82 bits per heavy atom. The molecule has 2 aromatic carbocycles. The molecule has 0 fully saturated rings. The van der Waals surface area contributed by atoms with Crippen LogP contribution in [0.25, 0.3) is 16.5 Å². The van der Waals surface area contributed by atoms with Crippen LogP contribution in [0.5, 0.6) is 5.75 Å². The summed E-state index contributed by atoms with van der Waals surface area (Å²) in [5.74, 6) is -0.608. The number of benzene rings is 2. The predicted molar refractivity (Wildman–Crippen MR) is 148 cm³/mol. The van der Waals surface area contributed by atoms with Gasteiger partial charge in [0.2, 0.25) is 0 Å². The van der Waals surface area contributed by atoms with Crippen LogP contribution in [-0.2, 0) is 25.4 Å². The molecule has 9 heteroatoms. The van der Waals surface area contributed by atoms with E-state index >= 15 is 0 Å². The van der Waals surface area contributed by atoms with Crippen molar-refractivity contribution in [2.24, 2.45) is 0 Å². The molecule has 9 nitrogen and oxygen atoms in total. The number of aromatic amines is 1. The number of allylic oxidation sites excluding steroid dienone is 1. The molecule has 1 aromatic heterocycles. The molecular formula is C30H34N2O7. The average Bonchev–Trinajstić information content (AvgIpc) is 3.34. The van der Waals surface area contributed by atoms with Crippen LogP contribution in [0, 0.1) is 0 Å². The summed E-state index contributed by atoms with van der Waals surface area (Å²) in [7, 11) is 4.76. The normalized spacial score (nSPS) is 16.1. The predicted octanol–water partition coefficient (Wildman–Crippen LogP) is 4.34. The standard InChI is InChI=1S/C30H34N2O7/c1-5-39-17-19-15-24(36-2)26(25(16-19)37-3)20-12-10-18(11-13-20)14-23(30(34)35)32-29(33)27-28(38-4)21-8-6-7-9-22(21)31-27/h6-13,15,23,25,31H,5,14,16-17H2,1-4H3,(H,32,33)(H,34,35). The first-order valence-electron chi connectivity index (χ1n) is 12.8. The van der Waals surface area contributed by atoms with Crippen LogP contribution in [0.2, 0.25) is 0 Å². The number of amides is 1. The van der Waals surface area contributed by atoms with Gasteiger partial charge in [0.15, 0.2) is 5.75 Å². The molecule has 1 amide bonds. The maximum absolute atomic E-state index is 13.1. The van der Waals surface area contributed by atoms with Crippen molar-refractivity contribution in [3.8, 4) is 5.75 Å². The minimum absolute atomic E-state index is 0.103. The summed E-state index contributed by atoms with van der Waals surface area (Å²) in [6, 6.07) is 13.7. The summed E-state index contributed by atoms with van der Waals surface area (Å²) < 4.78 is 22.5. The summed E-state index contributed by atoms with van der Waals surface area (Å²) in [5, 5.41) is 13.2. The van der Waals surface area contributed by atoms with Gasteiger partial charge in [0.25, 0.3) is 5.91 Å². The third-order valence-corrected chi connectivity index (χ3v) is 6.76. The van der Waals surface area contributed by atoms with Gasteiger partial charge in [-0.3, -0.25) is 4.79 Å². The fourth-order valence-corrected chi connectivity index (χ4v) is 4.83. The quantitative estimate of drug-likeness (QED) is 0.316. The van der Waals surface area contributed by atoms with Crippen LogP contribution in [0.3, 0.4) is 0 Å². The molecule has 3 aromatic rings. The van der Waals surface area contributed by atoms with Crippen LogP contribution in [0.15, 0.2) is 65.9 Å². The fourth-order valence-electron chi connectivity index (χ4n) is 4.83. The molecule has 0 bridgehead atoms. The van der Waals surface area contributed by atoms with E-state index in [4.69, 9.17) is 18.9 Å². The van der Waals surface area contributed by atoms with E-state index in [0.717, 1.165) is 33.2 Å². The Morgan fingerprint density at radius 3 is 2.46 bits per heavy atom. The Balaban J connectivity index is 1.53.